The number of piperazine rings is 1. The molecule has 0 amide bonds. The van der Waals surface area contributed by atoms with Gasteiger partial charge in [0, 0.05) is 0 Å². The second-order valence-corrected chi connectivity index (χ2v) is 6.06. The Morgan fingerprint density at radius 2 is 1.41 bits per heavy atom. The van der Waals surface area contributed by atoms with E-state index in [9.17, 15) is 0 Å². The van der Waals surface area contributed by atoms with Crippen molar-refractivity contribution in [3.05, 3.63) is 59.7 Å². The summed E-state index contributed by atoms with van der Waals surface area (Å²) < 4.78 is 0. The predicted molar refractivity (Wildman–Crippen MR) is 99.1 cm³/mol. The second kappa shape index (κ2) is 8.54. The fraction of sp³-hybridized carbons (Fsp3) is 0.263. The van der Waals surface area contributed by atoms with Crippen molar-refractivity contribution < 1.29 is 0 Å². The minimum Gasteiger partial charge on any atom is -0.274 e. The monoisotopic (exact) mass is 358 g/mol. The van der Waals surface area contributed by atoms with Gasteiger partial charge in [-0.25, -0.2) is 0 Å². The van der Waals surface area contributed by atoms with Gasteiger partial charge in [-0.1, -0.05) is 34.7 Å². The van der Waals surface area contributed by atoms with Gasteiger partial charge in [0.05, 0.1) is 36.8 Å². The van der Waals surface area contributed by atoms with Crippen LogP contribution in [0.25, 0.3) is 0 Å². The van der Waals surface area contributed by atoms with Crippen molar-refractivity contribution in [1.29, 1.82) is 10.5 Å². The van der Waals surface area contributed by atoms with Crippen LogP contribution in [-0.4, -0.2) is 35.7 Å². The molecule has 0 radical (unpaired) electrons. The van der Waals surface area contributed by atoms with Gasteiger partial charge in [0.15, 0.2) is 0 Å². The Bertz CT molecular complexity index is 937. The molecular weight excluding hydrogens is 340 g/mol. The summed E-state index contributed by atoms with van der Waals surface area (Å²) in [5.74, 6) is 0. The number of nitrogens with zero attached hydrogens (tertiary/aromatic N) is 8. The third-order valence-electron chi connectivity index (χ3n) is 4.17. The van der Waals surface area contributed by atoms with E-state index in [1.807, 2.05) is 29.1 Å². The Hall–Kier alpha value is -3.78. The van der Waals surface area contributed by atoms with Gasteiger partial charge >= 0.3 is 0 Å². The molecule has 1 aliphatic heterocycles. The third-order valence-corrected chi connectivity index (χ3v) is 4.17. The van der Waals surface area contributed by atoms with Crippen LogP contribution >= 0.6 is 0 Å². The molecule has 1 heterocycles. The van der Waals surface area contributed by atoms with Crippen LogP contribution in [0.2, 0.25) is 0 Å². The summed E-state index contributed by atoms with van der Waals surface area (Å²) in [6.45, 7) is 3.94. The highest BCUT2D eigenvalue weighted by Gasteiger charge is 2.22. The van der Waals surface area contributed by atoms with Crippen molar-refractivity contribution in [1.82, 2.24) is 10.0 Å². The zero-order valence-electron chi connectivity index (χ0n) is 14.9. The molecule has 8 nitrogen and oxygen atoms in total. The van der Waals surface area contributed by atoms with Gasteiger partial charge in [-0.3, -0.25) is 10.0 Å². The number of benzene rings is 2. The third kappa shape index (κ3) is 4.44. The lowest BCUT2D eigenvalue weighted by atomic mass is 10.2. The fourth-order valence-electron chi connectivity index (χ4n) is 2.67. The van der Waals surface area contributed by atoms with E-state index in [1.54, 1.807) is 36.4 Å². The first-order valence-corrected chi connectivity index (χ1v) is 8.54. The maximum atomic E-state index is 9.12. The minimum atomic E-state index is 0.0851. The SMILES string of the molecule is CC1CN(N=Nc2ccccc2C#N)CCN1N=Nc1ccccc1C#N. The molecule has 0 bridgehead atoms. The standard InChI is InChI=1S/C19H18N8/c1-15-14-26(24-22-18-8-4-2-6-16(18)12-20)10-11-27(15)25-23-19-9-5-3-7-17(19)13-21/h2-9,15H,10-11,14H2,1H3. The van der Waals surface area contributed by atoms with E-state index in [-0.39, 0.29) is 6.04 Å². The van der Waals surface area contributed by atoms with Crippen LogP contribution in [0.15, 0.2) is 69.2 Å². The van der Waals surface area contributed by atoms with Gasteiger partial charge in [0.2, 0.25) is 0 Å². The van der Waals surface area contributed by atoms with E-state index in [0.29, 0.717) is 42.1 Å². The van der Waals surface area contributed by atoms with Crippen molar-refractivity contribution >= 4 is 11.4 Å². The van der Waals surface area contributed by atoms with E-state index in [1.165, 1.54) is 0 Å². The first-order valence-electron chi connectivity index (χ1n) is 8.54. The molecule has 1 atom stereocenters. The number of hydrogen-bond donors (Lipinski definition) is 0. The maximum Gasteiger partial charge on any atom is 0.105 e. The van der Waals surface area contributed by atoms with E-state index in [4.69, 9.17) is 10.5 Å². The van der Waals surface area contributed by atoms with Gasteiger partial charge in [0.25, 0.3) is 0 Å². The van der Waals surface area contributed by atoms with Gasteiger partial charge in [0.1, 0.15) is 23.5 Å². The Balaban J connectivity index is 1.63. The van der Waals surface area contributed by atoms with Crippen LogP contribution in [0.3, 0.4) is 0 Å². The maximum absolute atomic E-state index is 9.12. The molecule has 0 N–H and O–H groups in total. The van der Waals surface area contributed by atoms with Gasteiger partial charge in [-0.15, -0.1) is 10.2 Å². The zero-order valence-corrected chi connectivity index (χ0v) is 14.9. The first kappa shape index (κ1) is 18.0. The van der Waals surface area contributed by atoms with Crippen LogP contribution in [0.5, 0.6) is 0 Å². The molecule has 27 heavy (non-hydrogen) atoms. The molecule has 0 saturated carbocycles. The topological polar surface area (TPSA) is 104 Å². The average molecular weight is 358 g/mol. The Morgan fingerprint density at radius 1 is 0.852 bits per heavy atom. The summed E-state index contributed by atoms with van der Waals surface area (Å²) in [6, 6.07) is 18.5. The molecule has 2 aromatic rings. The zero-order chi connectivity index (χ0) is 19.1. The lowest BCUT2D eigenvalue weighted by molar-refractivity contribution is 0.0767. The highest BCUT2D eigenvalue weighted by molar-refractivity contribution is 5.52. The molecular formula is C19H18N8. The van der Waals surface area contributed by atoms with Gasteiger partial charge in [-0.2, -0.15) is 10.5 Å². The Labute approximate surface area is 157 Å². The molecule has 0 aliphatic carbocycles. The molecule has 1 fully saturated rings. The van der Waals surface area contributed by atoms with Gasteiger partial charge in [-0.05, 0) is 31.2 Å². The van der Waals surface area contributed by atoms with Crippen molar-refractivity contribution in [3.8, 4) is 12.1 Å². The number of hydrogen-bond acceptors (Lipinski definition) is 6. The van der Waals surface area contributed by atoms with Gasteiger partial charge < -0.3 is 0 Å². The smallest absolute Gasteiger partial charge is 0.105 e. The molecule has 8 heteroatoms. The molecule has 0 spiro atoms. The molecule has 3 rings (SSSR count). The summed E-state index contributed by atoms with van der Waals surface area (Å²) in [6.07, 6.45) is 0. The quantitative estimate of drug-likeness (QED) is 0.766. The highest BCUT2D eigenvalue weighted by Crippen LogP contribution is 2.21. The van der Waals surface area contributed by atoms with Crippen molar-refractivity contribution in [3.63, 3.8) is 0 Å². The average Bonchev–Trinajstić information content (AvgIpc) is 2.72. The summed E-state index contributed by atoms with van der Waals surface area (Å²) in [4.78, 5) is 0. The van der Waals surface area contributed by atoms with Crippen LogP contribution in [-0.2, 0) is 0 Å². The summed E-state index contributed by atoms with van der Waals surface area (Å²) in [7, 11) is 0. The van der Waals surface area contributed by atoms with Crippen LogP contribution in [0.1, 0.15) is 18.1 Å². The first-order chi connectivity index (χ1) is 13.2. The summed E-state index contributed by atoms with van der Waals surface area (Å²) in [5, 5.41) is 38.9. The van der Waals surface area contributed by atoms with Crippen molar-refractivity contribution in [2.24, 2.45) is 20.7 Å². The molecule has 0 aromatic heterocycles. The van der Waals surface area contributed by atoms with Crippen molar-refractivity contribution in [2.75, 3.05) is 19.6 Å². The molecule has 1 unspecified atom stereocenters. The van der Waals surface area contributed by atoms with Crippen LogP contribution in [0.4, 0.5) is 11.4 Å². The molecule has 2 aromatic carbocycles. The summed E-state index contributed by atoms with van der Waals surface area (Å²) >= 11 is 0. The number of nitriles is 2. The Morgan fingerprint density at radius 3 is 1.96 bits per heavy atom. The largest absolute Gasteiger partial charge is 0.274 e. The van der Waals surface area contributed by atoms with E-state index in [2.05, 4.69) is 32.8 Å². The second-order valence-electron chi connectivity index (χ2n) is 6.06. The van der Waals surface area contributed by atoms with Crippen LogP contribution < -0.4 is 0 Å². The van der Waals surface area contributed by atoms with E-state index in [0.717, 1.165) is 0 Å². The van der Waals surface area contributed by atoms with Crippen molar-refractivity contribution in [2.45, 2.75) is 13.0 Å². The molecule has 1 saturated heterocycles. The predicted octanol–water partition coefficient (Wildman–Crippen LogP) is 4.13. The normalized spacial score (nSPS) is 17.2. The molecule has 1 aliphatic rings. The fourth-order valence-corrected chi connectivity index (χ4v) is 2.67. The highest BCUT2D eigenvalue weighted by atomic mass is 15.6. The minimum absolute atomic E-state index is 0.0851. The Kier molecular flexibility index (Phi) is 5.70. The number of rotatable bonds is 4. The van der Waals surface area contributed by atoms with E-state index >= 15 is 0 Å². The van der Waals surface area contributed by atoms with E-state index < -0.39 is 0 Å². The molecule has 134 valence electrons. The lowest BCUT2D eigenvalue weighted by Crippen LogP contribution is -2.47. The van der Waals surface area contributed by atoms with Crippen LogP contribution in [0, 0.1) is 22.7 Å². The lowest BCUT2D eigenvalue weighted by Gasteiger charge is -2.35. The summed E-state index contributed by atoms with van der Waals surface area (Å²) in [5.41, 5.74) is 2.11.